The normalized spacial score (nSPS) is 17.8. The van der Waals surface area contributed by atoms with Crippen LogP contribution in [0.25, 0.3) is 16.1 Å². The number of benzene rings is 2. The maximum Gasteiger partial charge on any atom is 0.256 e. The Bertz CT molecular complexity index is 2550. The van der Waals surface area contributed by atoms with Crippen molar-refractivity contribution in [3.63, 3.8) is 0 Å². The molecule has 5 aromatic rings. The van der Waals surface area contributed by atoms with Gasteiger partial charge in [0.05, 0.1) is 46.3 Å². The number of aliphatic hydroxyl groups excluding tert-OH is 1. The number of hydrogen-bond donors (Lipinski definition) is 5. The summed E-state index contributed by atoms with van der Waals surface area (Å²) in [5, 5.41) is 22.3. The molecule has 0 aliphatic carbocycles. The molecule has 368 valence electrons. The summed E-state index contributed by atoms with van der Waals surface area (Å²) < 4.78 is 1.89. The van der Waals surface area contributed by atoms with E-state index in [2.05, 4.69) is 43.2 Å². The molecular weight excluding hydrogens is 893 g/mol. The van der Waals surface area contributed by atoms with Gasteiger partial charge in [0.2, 0.25) is 23.6 Å². The molecule has 7 rings (SSSR count). The number of fused-ring (bicyclic) bond motifs is 1. The summed E-state index contributed by atoms with van der Waals surface area (Å²) in [6.07, 6.45) is 15.0. The summed E-state index contributed by atoms with van der Waals surface area (Å²) in [4.78, 5) is 84.5. The maximum atomic E-state index is 14.0. The highest BCUT2D eigenvalue weighted by molar-refractivity contribution is 7.13. The second-order valence-corrected chi connectivity index (χ2v) is 20.5. The van der Waals surface area contributed by atoms with Crippen LogP contribution in [0.5, 0.6) is 0 Å². The average molecular weight is 961 g/mol. The minimum absolute atomic E-state index is 0.0256. The molecule has 0 unspecified atom stereocenters. The van der Waals surface area contributed by atoms with Crippen LogP contribution in [0.3, 0.4) is 0 Å². The molecule has 2 fully saturated rings. The van der Waals surface area contributed by atoms with Crippen LogP contribution in [0.15, 0.2) is 72.6 Å². The molecule has 2 saturated heterocycles. The van der Waals surface area contributed by atoms with E-state index in [1.54, 1.807) is 48.0 Å². The van der Waals surface area contributed by atoms with E-state index >= 15 is 0 Å². The van der Waals surface area contributed by atoms with Crippen molar-refractivity contribution in [1.29, 1.82) is 0 Å². The van der Waals surface area contributed by atoms with Crippen LogP contribution in [-0.4, -0.2) is 102 Å². The largest absolute Gasteiger partial charge is 0.391 e. The number of amides is 5. The Morgan fingerprint density at radius 3 is 2.17 bits per heavy atom. The predicted octanol–water partition coefficient (Wildman–Crippen LogP) is 7.83. The molecule has 69 heavy (non-hydrogen) atoms. The van der Waals surface area contributed by atoms with Gasteiger partial charge >= 0.3 is 0 Å². The second-order valence-electron chi connectivity index (χ2n) is 19.7. The number of thiazole rings is 1. The maximum absolute atomic E-state index is 14.0. The van der Waals surface area contributed by atoms with E-state index < -0.39 is 23.6 Å². The lowest BCUT2D eigenvalue weighted by atomic mass is 9.85. The van der Waals surface area contributed by atoms with Gasteiger partial charge in [-0.25, -0.2) is 15.0 Å². The predicted molar refractivity (Wildman–Crippen MR) is 268 cm³/mol. The molecule has 4 atom stereocenters. The van der Waals surface area contributed by atoms with Crippen LogP contribution in [0.1, 0.15) is 138 Å². The zero-order valence-corrected chi connectivity index (χ0v) is 41.4. The van der Waals surface area contributed by atoms with Crippen molar-refractivity contribution in [2.24, 2.45) is 5.41 Å². The van der Waals surface area contributed by atoms with E-state index in [0.717, 1.165) is 97.4 Å². The van der Waals surface area contributed by atoms with Gasteiger partial charge in [-0.3, -0.25) is 28.9 Å². The Morgan fingerprint density at radius 2 is 1.54 bits per heavy atom. The van der Waals surface area contributed by atoms with E-state index in [0.29, 0.717) is 42.4 Å². The van der Waals surface area contributed by atoms with Crippen LogP contribution in [0.4, 0.5) is 11.5 Å². The second kappa shape index (κ2) is 23.5. The molecule has 3 aromatic heterocycles. The molecule has 0 saturated carbocycles. The van der Waals surface area contributed by atoms with Crippen LogP contribution in [0.2, 0.25) is 0 Å². The fraction of sp³-hybridized carbons (Fsp3) is 0.500. The Balaban J connectivity index is 0.744. The van der Waals surface area contributed by atoms with Crippen molar-refractivity contribution in [2.45, 2.75) is 142 Å². The van der Waals surface area contributed by atoms with E-state index in [-0.39, 0.29) is 49.0 Å². The van der Waals surface area contributed by atoms with E-state index in [1.165, 1.54) is 4.90 Å². The van der Waals surface area contributed by atoms with Gasteiger partial charge in [-0.15, -0.1) is 11.3 Å². The number of rotatable bonds is 21. The number of unbranched alkanes of at least 4 members (excludes halogenated alkanes) is 7. The number of aromatic nitrogens is 4. The zero-order valence-electron chi connectivity index (χ0n) is 40.6. The monoisotopic (exact) mass is 961 g/mol. The summed E-state index contributed by atoms with van der Waals surface area (Å²) >= 11 is 1.58. The summed E-state index contributed by atoms with van der Waals surface area (Å²) in [5.41, 5.74) is 6.96. The highest BCUT2D eigenvalue weighted by atomic mass is 32.1. The summed E-state index contributed by atoms with van der Waals surface area (Å²) in [6, 6.07) is 13.3. The summed E-state index contributed by atoms with van der Waals surface area (Å²) in [5.74, 6) is -0.859. The Labute approximate surface area is 409 Å². The van der Waals surface area contributed by atoms with Crippen molar-refractivity contribution in [2.75, 3.05) is 30.8 Å². The number of imidazole rings is 1. The van der Waals surface area contributed by atoms with E-state index in [4.69, 9.17) is 4.98 Å². The van der Waals surface area contributed by atoms with Gasteiger partial charge in [-0.2, -0.15) is 0 Å². The lowest BCUT2D eigenvalue weighted by Gasteiger charge is -2.35. The van der Waals surface area contributed by atoms with E-state index in [1.807, 2.05) is 68.1 Å². The van der Waals surface area contributed by atoms with Crippen LogP contribution >= 0.6 is 11.3 Å². The van der Waals surface area contributed by atoms with Crippen LogP contribution in [-0.2, 0) is 25.7 Å². The molecule has 2 aliphatic heterocycles. The Morgan fingerprint density at radius 1 is 0.855 bits per heavy atom. The van der Waals surface area contributed by atoms with Gasteiger partial charge < -0.3 is 35.7 Å². The minimum Gasteiger partial charge on any atom is -0.391 e. The van der Waals surface area contributed by atoms with Gasteiger partial charge in [-0.05, 0) is 87.0 Å². The van der Waals surface area contributed by atoms with Crippen LogP contribution < -0.4 is 21.3 Å². The Kier molecular flexibility index (Phi) is 17.3. The van der Waals surface area contributed by atoms with E-state index in [9.17, 15) is 29.1 Å². The number of aliphatic hydroxyl groups is 1. The molecule has 5 N–H and O–H groups in total. The molecule has 2 aliphatic rings. The molecule has 0 bridgehead atoms. The molecule has 17 heteroatoms. The van der Waals surface area contributed by atoms with Gasteiger partial charge in [0, 0.05) is 49.8 Å². The first kappa shape index (κ1) is 50.8. The van der Waals surface area contributed by atoms with Crippen molar-refractivity contribution >= 4 is 58.0 Å². The molecule has 5 amide bonds. The standard InChI is InChI=1S/C52H68N10O6S/c1-34-47(69-33-55-34)36-20-18-35(19-21-36)28-54-50(67)42-27-39(63)30-62(42)51(68)48(52(2,3)4)59-46(65)17-13-11-9-7-6-8-10-12-16-45(64)56-38-24-22-37(23-25-38)49(66)58-43-32-61-31-40(57-44(61)29-53-43)41-15-14-26-60(41)5/h18-25,29,31-33,39,41-42,48,63H,6-17,26-28,30H2,1-5H3,(H,54,67)(H,56,64)(H,58,66)(H,59,65)/t39-,41-,42+,48-/m1/s1. The highest BCUT2D eigenvalue weighted by Gasteiger charge is 2.44. The molecule has 16 nitrogen and oxygen atoms in total. The first-order chi connectivity index (χ1) is 33.1. The Hall–Kier alpha value is -6.04. The number of anilines is 2. The van der Waals surface area contributed by atoms with Crippen molar-refractivity contribution in [3.8, 4) is 10.4 Å². The number of aryl methyl sites for hydroxylation is 1. The number of likely N-dealkylation sites (tertiary alicyclic amines) is 2. The molecule has 2 aromatic carbocycles. The number of nitrogens with zero attached hydrogens (tertiary/aromatic N) is 6. The van der Waals surface area contributed by atoms with Gasteiger partial charge in [0.1, 0.15) is 17.9 Å². The quantitative estimate of drug-likeness (QED) is 0.0451. The third-order valence-electron chi connectivity index (χ3n) is 13.2. The van der Waals surface area contributed by atoms with Gasteiger partial charge in [0.25, 0.3) is 5.91 Å². The van der Waals surface area contributed by atoms with Gasteiger partial charge in [0.15, 0.2) is 5.65 Å². The minimum atomic E-state index is -0.860. The lowest BCUT2D eigenvalue weighted by molar-refractivity contribution is -0.144. The highest BCUT2D eigenvalue weighted by Crippen LogP contribution is 2.31. The third kappa shape index (κ3) is 13.8. The van der Waals surface area contributed by atoms with Crippen molar-refractivity contribution in [3.05, 3.63) is 95.1 Å². The zero-order chi connectivity index (χ0) is 49.1. The number of β-amino-alcohol motifs (C(OH)–C–C–N with tert-alkyl or cyclic N) is 1. The van der Waals surface area contributed by atoms with Crippen molar-refractivity contribution < 1.29 is 29.1 Å². The fourth-order valence-electron chi connectivity index (χ4n) is 9.19. The number of hydrogen-bond acceptors (Lipinski definition) is 11. The molecule has 5 heterocycles. The smallest absolute Gasteiger partial charge is 0.256 e. The summed E-state index contributed by atoms with van der Waals surface area (Å²) in [6.45, 7) is 8.99. The molecular formula is C52H68N10O6S. The lowest BCUT2D eigenvalue weighted by Crippen LogP contribution is -2.57. The first-order valence-electron chi connectivity index (χ1n) is 24.4. The number of carbonyl (C=O) groups is 5. The molecule has 0 spiro atoms. The molecule has 0 radical (unpaired) electrons. The first-order valence-corrected chi connectivity index (χ1v) is 25.3. The third-order valence-corrected chi connectivity index (χ3v) is 14.1. The SMILES string of the molecule is Cc1ncsc1-c1ccc(CNC(=O)[C@@H]2C[C@@H](O)CN2C(=O)[C@@H](NC(=O)CCCCCCCCCCC(=O)Nc2ccc(C(=O)Nc3cn4cc([C@H]5CCCN5C)nc4cn3)cc2)C(C)(C)C)cc1. The number of carbonyl (C=O) groups excluding carboxylic acids is 5. The topological polar surface area (TPSA) is 203 Å². The van der Waals surface area contributed by atoms with Crippen molar-refractivity contribution in [1.82, 2.24) is 39.8 Å². The van der Waals surface area contributed by atoms with Crippen LogP contribution in [0, 0.1) is 12.3 Å². The number of nitrogens with one attached hydrogen (secondary N) is 4. The fourth-order valence-corrected chi connectivity index (χ4v) is 10.0. The average Bonchev–Trinajstić information content (AvgIpc) is 4.14. The summed E-state index contributed by atoms with van der Waals surface area (Å²) in [7, 11) is 2.11. The van der Waals surface area contributed by atoms with Gasteiger partial charge in [-0.1, -0.05) is 83.6 Å².